The molecular weight excluding hydrogens is 240 g/mol. The number of rotatable bonds is 6. The predicted molar refractivity (Wildman–Crippen MR) is 76.4 cm³/mol. The SMILES string of the molecule is COc1ccc(C(CCN)C2CC2)cc1NC(C)=O. The van der Waals surface area contributed by atoms with Crippen molar-refractivity contribution < 1.29 is 9.53 Å². The quantitative estimate of drug-likeness (QED) is 0.828. The molecule has 1 aromatic carbocycles. The number of anilines is 1. The third-order valence-corrected chi connectivity index (χ3v) is 3.63. The number of carbonyl (C=O) groups is 1. The standard InChI is InChI=1S/C15H22N2O2/c1-10(18)17-14-9-12(5-6-15(14)19-2)13(7-8-16)11-3-4-11/h5-6,9,11,13H,3-4,7-8,16H2,1-2H3,(H,17,18). The molecule has 4 heteroatoms. The van der Waals surface area contributed by atoms with Gasteiger partial charge in [-0.1, -0.05) is 6.07 Å². The molecule has 4 nitrogen and oxygen atoms in total. The molecule has 19 heavy (non-hydrogen) atoms. The topological polar surface area (TPSA) is 64.3 Å². The molecular formula is C15H22N2O2. The first-order valence-electron chi connectivity index (χ1n) is 6.81. The molecule has 0 aromatic heterocycles. The van der Waals surface area contributed by atoms with Gasteiger partial charge >= 0.3 is 0 Å². The second-order valence-corrected chi connectivity index (χ2v) is 5.16. The van der Waals surface area contributed by atoms with Crippen LogP contribution in [0.2, 0.25) is 0 Å². The first-order valence-corrected chi connectivity index (χ1v) is 6.81. The number of nitrogens with two attached hydrogens (primary N) is 1. The Hall–Kier alpha value is -1.55. The Labute approximate surface area is 114 Å². The molecule has 3 N–H and O–H groups in total. The van der Waals surface area contributed by atoms with Gasteiger partial charge in [0.1, 0.15) is 5.75 Å². The average molecular weight is 262 g/mol. The third-order valence-electron chi connectivity index (χ3n) is 3.63. The van der Waals surface area contributed by atoms with E-state index in [9.17, 15) is 4.79 Å². The minimum Gasteiger partial charge on any atom is -0.495 e. The lowest BCUT2D eigenvalue weighted by molar-refractivity contribution is -0.114. The van der Waals surface area contributed by atoms with Crippen LogP contribution in [0, 0.1) is 5.92 Å². The molecule has 0 heterocycles. The van der Waals surface area contributed by atoms with Crippen LogP contribution in [0.15, 0.2) is 18.2 Å². The Morgan fingerprint density at radius 3 is 2.79 bits per heavy atom. The maximum Gasteiger partial charge on any atom is 0.221 e. The predicted octanol–water partition coefficient (Wildman–Crippen LogP) is 2.50. The first kappa shape index (κ1) is 13.9. The lowest BCUT2D eigenvalue weighted by atomic mass is 9.90. The van der Waals surface area contributed by atoms with E-state index in [0.29, 0.717) is 18.2 Å². The van der Waals surface area contributed by atoms with Gasteiger partial charge in [-0.15, -0.1) is 0 Å². The maximum atomic E-state index is 11.2. The van der Waals surface area contributed by atoms with Crippen molar-refractivity contribution in [3.8, 4) is 5.75 Å². The van der Waals surface area contributed by atoms with Gasteiger partial charge in [-0.3, -0.25) is 4.79 Å². The van der Waals surface area contributed by atoms with Gasteiger partial charge in [0.2, 0.25) is 5.91 Å². The number of benzene rings is 1. The van der Waals surface area contributed by atoms with Gasteiger partial charge in [0.25, 0.3) is 0 Å². The van der Waals surface area contributed by atoms with E-state index in [2.05, 4.69) is 11.4 Å². The minimum atomic E-state index is -0.0859. The molecule has 0 bridgehead atoms. The highest BCUT2D eigenvalue weighted by Crippen LogP contribution is 2.45. The number of hydrogen-bond acceptors (Lipinski definition) is 3. The molecule has 0 aliphatic heterocycles. The van der Waals surface area contributed by atoms with Gasteiger partial charge in [-0.25, -0.2) is 0 Å². The molecule has 1 aliphatic carbocycles. The number of amides is 1. The monoisotopic (exact) mass is 262 g/mol. The lowest BCUT2D eigenvalue weighted by Gasteiger charge is -2.18. The summed E-state index contributed by atoms with van der Waals surface area (Å²) in [5.74, 6) is 1.86. The summed E-state index contributed by atoms with van der Waals surface area (Å²) in [6.45, 7) is 2.20. The summed E-state index contributed by atoms with van der Waals surface area (Å²) in [6.07, 6.45) is 3.56. The fraction of sp³-hybridized carbons (Fsp3) is 0.533. The molecule has 2 rings (SSSR count). The zero-order valence-corrected chi connectivity index (χ0v) is 11.6. The minimum absolute atomic E-state index is 0.0859. The van der Waals surface area contributed by atoms with E-state index in [-0.39, 0.29) is 5.91 Å². The van der Waals surface area contributed by atoms with E-state index in [1.54, 1.807) is 7.11 Å². The molecule has 0 spiro atoms. The van der Waals surface area contributed by atoms with Crippen molar-refractivity contribution in [2.75, 3.05) is 19.0 Å². The summed E-state index contributed by atoms with van der Waals surface area (Å²) in [4.78, 5) is 11.2. The van der Waals surface area contributed by atoms with E-state index in [1.165, 1.54) is 25.3 Å². The molecule has 1 amide bonds. The van der Waals surface area contributed by atoms with Crippen LogP contribution in [0.5, 0.6) is 5.75 Å². The number of methoxy groups -OCH3 is 1. The van der Waals surface area contributed by atoms with Crippen molar-refractivity contribution in [3.05, 3.63) is 23.8 Å². The fourth-order valence-corrected chi connectivity index (χ4v) is 2.60. The van der Waals surface area contributed by atoms with E-state index in [0.717, 1.165) is 18.0 Å². The van der Waals surface area contributed by atoms with Crippen LogP contribution in [0.1, 0.15) is 37.7 Å². The Morgan fingerprint density at radius 2 is 2.26 bits per heavy atom. The zero-order chi connectivity index (χ0) is 13.8. The molecule has 1 unspecified atom stereocenters. The van der Waals surface area contributed by atoms with Gasteiger partial charge in [0, 0.05) is 6.92 Å². The number of carbonyl (C=O) groups excluding carboxylic acids is 1. The average Bonchev–Trinajstić information content (AvgIpc) is 3.19. The van der Waals surface area contributed by atoms with Crippen molar-refractivity contribution in [2.45, 2.75) is 32.1 Å². The van der Waals surface area contributed by atoms with Crippen LogP contribution in [-0.4, -0.2) is 19.6 Å². The van der Waals surface area contributed by atoms with Crippen LogP contribution >= 0.6 is 0 Å². The Balaban J connectivity index is 2.27. The summed E-state index contributed by atoms with van der Waals surface area (Å²) >= 11 is 0. The largest absolute Gasteiger partial charge is 0.495 e. The molecule has 0 radical (unpaired) electrons. The summed E-state index contributed by atoms with van der Waals surface area (Å²) in [6, 6.07) is 6.04. The van der Waals surface area contributed by atoms with Crippen molar-refractivity contribution in [3.63, 3.8) is 0 Å². The van der Waals surface area contributed by atoms with Crippen molar-refractivity contribution >= 4 is 11.6 Å². The second-order valence-electron chi connectivity index (χ2n) is 5.16. The van der Waals surface area contributed by atoms with E-state index in [4.69, 9.17) is 10.5 Å². The van der Waals surface area contributed by atoms with Gasteiger partial charge in [-0.05, 0) is 55.3 Å². The number of hydrogen-bond donors (Lipinski definition) is 2. The highest BCUT2D eigenvalue weighted by atomic mass is 16.5. The van der Waals surface area contributed by atoms with Gasteiger partial charge < -0.3 is 15.8 Å². The summed E-state index contributed by atoms with van der Waals surface area (Å²) < 4.78 is 5.28. The number of ether oxygens (including phenoxy) is 1. The smallest absolute Gasteiger partial charge is 0.221 e. The Morgan fingerprint density at radius 1 is 1.53 bits per heavy atom. The first-order chi connectivity index (χ1) is 9.15. The van der Waals surface area contributed by atoms with Crippen molar-refractivity contribution in [1.82, 2.24) is 0 Å². The van der Waals surface area contributed by atoms with Gasteiger partial charge in [0.05, 0.1) is 12.8 Å². The Bertz CT molecular complexity index is 455. The molecule has 1 fully saturated rings. The normalized spacial score (nSPS) is 15.9. The molecule has 1 saturated carbocycles. The van der Waals surface area contributed by atoms with Crippen LogP contribution in [0.4, 0.5) is 5.69 Å². The van der Waals surface area contributed by atoms with E-state index in [1.807, 2.05) is 12.1 Å². The summed E-state index contributed by atoms with van der Waals surface area (Å²) in [5.41, 5.74) is 7.71. The van der Waals surface area contributed by atoms with E-state index < -0.39 is 0 Å². The zero-order valence-electron chi connectivity index (χ0n) is 11.6. The van der Waals surface area contributed by atoms with Crippen molar-refractivity contribution in [1.29, 1.82) is 0 Å². The highest BCUT2D eigenvalue weighted by Gasteiger charge is 2.31. The second kappa shape index (κ2) is 6.06. The lowest BCUT2D eigenvalue weighted by Crippen LogP contribution is -2.11. The summed E-state index contributed by atoms with van der Waals surface area (Å²) in [7, 11) is 1.61. The van der Waals surface area contributed by atoms with E-state index >= 15 is 0 Å². The maximum absolute atomic E-state index is 11.2. The van der Waals surface area contributed by atoms with Crippen LogP contribution in [0.25, 0.3) is 0 Å². The van der Waals surface area contributed by atoms with Crippen LogP contribution in [-0.2, 0) is 4.79 Å². The fourth-order valence-electron chi connectivity index (χ4n) is 2.60. The van der Waals surface area contributed by atoms with Gasteiger partial charge in [0.15, 0.2) is 0 Å². The van der Waals surface area contributed by atoms with Gasteiger partial charge in [-0.2, -0.15) is 0 Å². The van der Waals surface area contributed by atoms with Crippen LogP contribution < -0.4 is 15.8 Å². The molecule has 1 aliphatic rings. The number of nitrogens with one attached hydrogen (secondary N) is 1. The highest BCUT2D eigenvalue weighted by molar-refractivity contribution is 5.90. The molecule has 104 valence electrons. The molecule has 0 saturated heterocycles. The van der Waals surface area contributed by atoms with Crippen LogP contribution in [0.3, 0.4) is 0 Å². The molecule has 1 atom stereocenters. The summed E-state index contributed by atoms with van der Waals surface area (Å²) in [5, 5.41) is 2.83. The Kier molecular flexibility index (Phi) is 4.43. The third kappa shape index (κ3) is 3.47. The molecule has 1 aromatic rings. The van der Waals surface area contributed by atoms with Crippen molar-refractivity contribution in [2.24, 2.45) is 11.7 Å².